The van der Waals surface area contributed by atoms with Crippen LogP contribution in [0.15, 0.2) is 30.3 Å². The predicted octanol–water partition coefficient (Wildman–Crippen LogP) is 2.91. The molecule has 1 aromatic carbocycles. The zero-order chi connectivity index (χ0) is 13.2. The largest absolute Gasteiger partial charge is 0.337 e. The van der Waals surface area contributed by atoms with E-state index in [4.69, 9.17) is 4.53 Å². The van der Waals surface area contributed by atoms with E-state index in [1.165, 1.54) is 24.4 Å². The number of rotatable bonds is 3. The highest BCUT2D eigenvalue weighted by Gasteiger charge is 2.42. The molecular weight excluding hydrogens is 238 g/mol. The van der Waals surface area contributed by atoms with Gasteiger partial charge in [0.15, 0.2) is 0 Å². The maximum atomic E-state index is 6.16. The van der Waals surface area contributed by atoms with Gasteiger partial charge in [0.25, 0.3) is 0 Å². The second-order valence-electron chi connectivity index (χ2n) is 6.33. The van der Waals surface area contributed by atoms with Gasteiger partial charge in [-0.15, -0.1) is 0 Å². The Bertz CT molecular complexity index is 373. The lowest BCUT2D eigenvalue weighted by molar-refractivity contribution is -0.216. The van der Waals surface area contributed by atoms with Gasteiger partial charge in [-0.2, -0.15) is 5.06 Å². The summed E-state index contributed by atoms with van der Waals surface area (Å²) >= 11 is 0. The number of hydrogen-bond acceptors (Lipinski definition) is 2. The first-order valence-corrected chi connectivity index (χ1v) is 7.61. The summed E-state index contributed by atoms with van der Waals surface area (Å²) in [4.78, 5) is 0. The van der Waals surface area contributed by atoms with Crippen molar-refractivity contribution in [1.29, 1.82) is 0 Å². The summed E-state index contributed by atoms with van der Waals surface area (Å²) in [5.74, 6) is 0. The quantitative estimate of drug-likeness (QED) is 0.776. The molecule has 1 heterocycles. The Morgan fingerprint density at radius 1 is 1.00 bits per heavy atom. The average Bonchev–Trinajstić information content (AvgIpc) is 2.28. The smallest absolute Gasteiger partial charge is 0.301 e. The third-order valence-electron chi connectivity index (χ3n) is 3.71. The Kier molecular flexibility index (Phi) is 3.95. The minimum atomic E-state index is 0.129. The van der Waals surface area contributed by atoms with Crippen molar-refractivity contribution in [2.45, 2.75) is 58.0 Å². The Hall–Kier alpha value is -0.643. The highest BCUT2D eigenvalue weighted by atomic mass is 28.2. The van der Waals surface area contributed by atoms with Gasteiger partial charge in [-0.05, 0) is 52.1 Å². The number of nitrogens with zero attached hydrogens (tertiary/aromatic N) is 1. The lowest BCUT2D eigenvalue weighted by atomic mass is 9.82. The molecule has 2 radical (unpaired) electrons. The van der Waals surface area contributed by atoms with Gasteiger partial charge >= 0.3 is 9.76 Å². The summed E-state index contributed by atoms with van der Waals surface area (Å²) < 4.78 is 6.16. The molecule has 98 valence electrons. The van der Waals surface area contributed by atoms with Crippen molar-refractivity contribution >= 4 is 14.9 Å². The molecular formula is C15H23NOSi. The van der Waals surface area contributed by atoms with Crippen LogP contribution in [-0.2, 0) is 4.53 Å². The molecule has 0 amide bonds. The predicted molar refractivity (Wildman–Crippen MR) is 76.8 cm³/mol. The summed E-state index contributed by atoms with van der Waals surface area (Å²) in [6, 6.07) is 10.4. The van der Waals surface area contributed by atoms with Gasteiger partial charge in [-0.1, -0.05) is 30.3 Å². The third kappa shape index (κ3) is 3.02. The Morgan fingerprint density at radius 3 is 2.11 bits per heavy atom. The SMILES string of the molecule is CC1(C)CCCC(C)(C)N1O[Si]c1ccccc1. The van der Waals surface area contributed by atoms with Crippen molar-refractivity contribution < 1.29 is 4.53 Å². The Balaban J connectivity index is 2.05. The number of piperidine rings is 1. The normalized spacial score (nSPS) is 22.9. The van der Waals surface area contributed by atoms with Crippen molar-refractivity contribution in [1.82, 2.24) is 5.06 Å². The second kappa shape index (κ2) is 5.15. The van der Waals surface area contributed by atoms with Crippen molar-refractivity contribution in [3.05, 3.63) is 30.3 Å². The van der Waals surface area contributed by atoms with Crippen LogP contribution in [0.3, 0.4) is 0 Å². The molecule has 0 aliphatic carbocycles. The van der Waals surface area contributed by atoms with E-state index in [1.807, 2.05) is 6.07 Å². The molecule has 3 heteroatoms. The molecule has 0 unspecified atom stereocenters. The molecule has 18 heavy (non-hydrogen) atoms. The zero-order valence-corrected chi connectivity index (χ0v) is 12.9. The van der Waals surface area contributed by atoms with Crippen LogP contribution in [0.25, 0.3) is 0 Å². The van der Waals surface area contributed by atoms with Gasteiger partial charge in [-0.3, -0.25) is 0 Å². The van der Waals surface area contributed by atoms with E-state index in [-0.39, 0.29) is 11.1 Å². The highest BCUT2D eigenvalue weighted by Crippen LogP contribution is 2.37. The first kappa shape index (κ1) is 13.8. The van der Waals surface area contributed by atoms with E-state index in [2.05, 4.69) is 57.0 Å². The van der Waals surface area contributed by atoms with Crippen LogP contribution in [0.4, 0.5) is 0 Å². The lowest BCUT2D eigenvalue weighted by Crippen LogP contribution is -2.59. The maximum Gasteiger partial charge on any atom is 0.301 e. The van der Waals surface area contributed by atoms with Gasteiger partial charge in [-0.25, -0.2) is 0 Å². The van der Waals surface area contributed by atoms with Crippen molar-refractivity contribution in [3.63, 3.8) is 0 Å². The molecule has 0 bridgehead atoms. The van der Waals surface area contributed by atoms with Gasteiger partial charge in [0.1, 0.15) is 0 Å². The Morgan fingerprint density at radius 2 is 1.56 bits per heavy atom. The molecule has 0 saturated carbocycles. The zero-order valence-electron chi connectivity index (χ0n) is 11.9. The van der Waals surface area contributed by atoms with Crippen LogP contribution in [0, 0.1) is 0 Å². The minimum Gasteiger partial charge on any atom is -0.337 e. The third-order valence-corrected chi connectivity index (χ3v) is 4.55. The second-order valence-corrected chi connectivity index (χ2v) is 7.30. The van der Waals surface area contributed by atoms with Crippen LogP contribution < -0.4 is 5.19 Å². The number of benzene rings is 1. The fraction of sp³-hybridized carbons (Fsp3) is 0.600. The van der Waals surface area contributed by atoms with Crippen molar-refractivity contribution in [3.8, 4) is 0 Å². The molecule has 2 rings (SSSR count). The highest BCUT2D eigenvalue weighted by molar-refractivity contribution is 6.46. The van der Waals surface area contributed by atoms with Crippen molar-refractivity contribution in [2.75, 3.05) is 0 Å². The molecule has 2 nitrogen and oxygen atoms in total. The van der Waals surface area contributed by atoms with E-state index in [0.29, 0.717) is 9.76 Å². The van der Waals surface area contributed by atoms with E-state index in [1.54, 1.807) is 0 Å². The van der Waals surface area contributed by atoms with Gasteiger partial charge in [0.2, 0.25) is 0 Å². The molecule has 1 fully saturated rings. The fourth-order valence-electron chi connectivity index (χ4n) is 2.83. The topological polar surface area (TPSA) is 12.5 Å². The maximum absolute atomic E-state index is 6.16. The summed E-state index contributed by atoms with van der Waals surface area (Å²) in [6.45, 7) is 9.12. The van der Waals surface area contributed by atoms with Crippen LogP contribution in [-0.4, -0.2) is 25.9 Å². The summed E-state index contributed by atoms with van der Waals surface area (Å²) in [5, 5.41) is 3.49. The van der Waals surface area contributed by atoms with Crippen molar-refractivity contribution in [2.24, 2.45) is 0 Å². The van der Waals surface area contributed by atoms with Gasteiger partial charge in [0, 0.05) is 11.1 Å². The molecule has 0 atom stereocenters. The molecule has 1 aliphatic rings. The molecule has 0 aromatic heterocycles. The van der Waals surface area contributed by atoms with Gasteiger partial charge in [0.05, 0.1) is 0 Å². The van der Waals surface area contributed by atoms with Gasteiger partial charge < -0.3 is 4.53 Å². The molecule has 1 aliphatic heterocycles. The standard InChI is InChI=1S/C15H23NOSi/c1-14(2)11-8-12-15(3,4)16(14)17-18-13-9-6-5-7-10-13/h5-7,9-10H,8,11-12H2,1-4H3. The van der Waals surface area contributed by atoms with Crippen LogP contribution in [0.2, 0.25) is 0 Å². The van der Waals surface area contributed by atoms with Crippen LogP contribution in [0.1, 0.15) is 47.0 Å². The van der Waals surface area contributed by atoms with E-state index in [0.717, 1.165) is 0 Å². The first-order valence-electron chi connectivity index (χ1n) is 6.70. The number of hydroxylamine groups is 2. The molecule has 1 saturated heterocycles. The van der Waals surface area contributed by atoms with E-state index < -0.39 is 0 Å². The summed E-state index contributed by atoms with van der Waals surface area (Å²) in [7, 11) is 0.395. The fourth-order valence-corrected chi connectivity index (χ4v) is 3.85. The van der Waals surface area contributed by atoms with Crippen LogP contribution in [0.5, 0.6) is 0 Å². The van der Waals surface area contributed by atoms with Crippen LogP contribution >= 0.6 is 0 Å². The number of hydrogen-bond donors (Lipinski definition) is 0. The monoisotopic (exact) mass is 261 g/mol. The molecule has 1 aromatic rings. The summed E-state index contributed by atoms with van der Waals surface area (Å²) in [6.07, 6.45) is 3.69. The molecule has 0 N–H and O–H groups in total. The summed E-state index contributed by atoms with van der Waals surface area (Å²) in [5.41, 5.74) is 0.257. The minimum absolute atomic E-state index is 0.129. The average molecular weight is 261 g/mol. The van der Waals surface area contributed by atoms with E-state index >= 15 is 0 Å². The Labute approximate surface area is 113 Å². The van der Waals surface area contributed by atoms with E-state index in [9.17, 15) is 0 Å². The molecule has 0 spiro atoms. The lowest BCUT2D eigenvalue weighted by Gasteiger charge is -2.51. The first-order chi connectivity index (χ1) is 8.42.